The number of aromatic nitrogens is 2. The Morgan fingerprint density at radius 2 is 2.09 bits per heavy atom. The number of anilines is 1. The molecule has 0 radical (unpaired) electrons. The van der Waals surface area contributed by atoms with Crippen LogP contribution in [0.15, 0.2) is 24.3 Å². The highest BCUT2D eigenvalue weighted by Gasteiger charge is 2.21. The Bertz CT molecular complexity index is 718. The Hall–Kier alpha value is -1.85. The Morgan fingerprint density at radius 1 is 1.27 bits per heavy atom. The topological polar surface area (TPSA) is 58.1 Å². The molecule has 0 spiro atoms. The van der Waals surface area contributed by atoms with Crippen LogP contribution in [0, 0.1) is 0 Å². The van der Waals surface area contributed by atoms with Gasteiger partial charge in [0, 0.05) is 30.2 Å². The predicted molar refractivity (Wildman–Crippen MR) is 86.6 cm³/mol. The van der Waals surface area contributed by atoms with Crippen molar-refractivity contribution in [2.75, 3.05) is 18.5 Å². The van der Waals surface area contributed by atoms with Crippen molar-refractivity contribution < 1.29 is 4.79 Å². The minimum absolute atomic E-state index is 0.249. The molecule has 1 N–H and O–H groups in total. The van der Waals surface area contributed by atoms with Gasteiger partial charge in [-0.05, 0) is 41.8 Å². The zero-order chi connectivity index (χ0) is 15.7. The summed E-state index contributed by atoms with van der Waals surface area (Å²) in [5, 5.41) is 11.9. The van der Waals surface area contributed by atoms with Crippen LogP contribution in [-0.2, 0) is 13.0 Å². The lowest BCUT2D eigenvalue weighted by Gasteiger charge is -2.30. The van der Waals surface area contributed by atoms with Crippen LogP contribution in [-0.4, -0.2) is 29.7 Å². The second kappa shape index (κ2) is 6.10. The fourth-order valence-corrected chi connectivity index (χ4v) is 3.12. The minimum Gasteiger partial charge on any atom is -0.354 e. The number of fused-ring (bicyclic) bond motifs is 1. The van der Waals surface area contributed by atoms with Gasteiger partial charge in [0.25, 0.3) is 5.91 Å². The summed E-state index contributed by atoms with van der Waals surface area (Å²) in [4.78, 5) is 13.6. The fourth-order valence-electron chi connectivity index (χ4n) is 2.52. The van der Waals surface area contributed by atoms with E-state index in [-0.39, 0.29) is 5.91 Å². The number of nitrogens with one attached hydrogen (secondary N) is 1. The van der Waals surface area contributed by atoms with E-state index in [4.69, 9.17) is 23.2 Å². The third kappa shape index (κ3) is 2.87. The maximum Gasteiger partial charge on any atom is 0.271 e. The second-order valence-corrected chi connectivity index (χ2v) is 5.90. The van der Waals surface area contributed by atoms with Gasteiger partial charge in [-0.3, -0.25) is 4.79 Å². The van der Waals surface area contributed by atoms with Crippen LogP contribution in [0.1, 0.15) is 21.6 Å². The average molecular weight is 337 g/mol. The van der Waals surface area contributed by atoms with E-state index in [9.17, 15) is 4.79 Å². The monoisotopic (exact) mass is 336 g/mol. The molecule has 1 amide bonds. The summed E-state index contributed by atoms with van der Waals surface area (Å²) in [5.74, 6) is 0.477. The lowest BCUT2D eigenvalue weighted by Crippen LogP contribution is -2.31. The Morgan fingerprint density at radius 3 is 2.77 bits per heavy atom. The van der Waals surface area contributed by atoms with Crippen molar-refractivity contribution in [1.29, 1.82) is 0 Å². The van der Waals surface area contributed by atoms with Gasteiger partial charge in [0.05, 0.1) is 0 Å². The maximum atomic E-state index is 11.5. The van der Waals surface area contributed by atoms with E-state index in [2.05, 4.69) is 20.4 Å². The van der Waals surface area contributed by atoms with E-state index in [1.807, 2.05) is 6.07 Å². The first-order valence-corrected chi connectivity index (χ1v) is 7.61. The molecule has 0 fully saturated rings. The molecule has 2 aromatic rings. The summed E-state index contributed by atoms with van der Waals surface area (Å²) in [6.45, 7) is 1.46. The summed E-state index contributed by atoms with van der Waals surface area (Å²) in [6, 6.07) is 7.18. The molecule has 0 aliphatic carbocycles. The van der Waals surface area contributed by atoms with Crippen LogP contribution in [0.4, 0.5) is 5.82 Å². The van der Waals surface area contributed by atoms with Gasteiger partial charge >= 0.3 is 0 Å². The van der Waals surface area contributed by atoms with E-state index in [0.29, 0.717) is 22.3 Å². The minimum atomic E-state index is -0.249. The smallest absolute Gasteiger partial charge is 0.271 e. The molecule has 2 heterocycles. The van der Waals surface area contributed by atoms with Crippen molar-refractivity contribution in [2.24, 2.45) is 0 Å². The number of halogens is 2. The highest BCUT2D eigenvalue weighted by atomic mass is 35.5. The quantitative estimate of drug-likeness (QED) is 0.915. The first-order chi connectivity index (χ1) is 10.6. The van der Waals surface area contributed by atoms with Gasteiger partial charge in [-0.15, -0.1) is 10.2 Å². The van der Waals surface area contributed by atoms with Crippen LogP contribution in [0.5, 0.6) is 0 Å². The third-order valence-electron chi connectivity index (χ3n) is 3.69. The molecule has 0 saturated carbocycles. The molecule has 1 aromatic heterocycles. The fraction of sp³-hybridized carbons (Fsp3) is 0.267. The van der Waals surface area contributed by atoms with Crippen LogP contribution < -0.4 is 10.2 Å². The molecule has 1 aliphatic heterocycles. The molecule has 3 rings (SSSR count). The lowest BCUT2D eigenvalue weighted by molar-refractivity contribution is 0.0957. The second-order valence-electron chi connectivity index (χ2n) is 5.05. The normalized spacial score (nSPS) is 13.7. The Balaban J connectivity index is 1.84. The molecule has 0 bridgehead atoms. The van der Waals surface area contributed by atoms with Crippen molar-refractivity contribution >= 4 is 34.9 Å². The van der Waals surface area contributed by atoms with Crippen molar-refractivity contribution in [3.8, 4) is 0 Å². The predicted octanol–water partition coefficient (Wildman–Crippen LogP) is 2.71. The molecule has 0 saturated heterocycles. The van der Waals surface area contributed by atoms with Gasteiger partial charge in [0.15, 0.2) is 11.5 Å². The molecular weight excluding hydrogens is 323 g/mol. The average Bonchev–Trinajstić information content (AvgIpc) is 2.54. The Labute approximate surface area is 138 Å². The van der Waals surface area contributed by atoms with Crippen LogP contribution in [0.25, 0.3) is 0 Å². The SMILES string of the molecule is CNC(=O)c1ccc(N2CCc3cc(Cl)cc(Cl)c3C2)nn1. The molecule has 0 atom stereocenters. The van der Waals surface area contributed by atoms with Gasteiger partial charge in [0.1, 0.15) is 0 Å². The number of nitrogens with zero attached hydrogens (tertiary/aromatic N) is 3. The molecule has 114 valence electrons. The van der Waals surface area contributed by atoms with Gasteiger partial charge in [-0.2, -0.15) is 0 Å². The largest absolute Gasteiger partial charge is 0.354 e. The molecule has 1 aromatic carbocycles. The number of rotatable bonds is 2. The van der Waals surface area contributed by atoms with Crippen LogP contribution in [0.3, 0.4) is 0 Å². The van der Waals surface area contributed by atoms with E-state index in [1.165, 1.54) is 5.56 Å². The standard InChI is InChI=1S/C15H14Cl2N4O/c1-18-15(22)13-2-3-14(20-19-13)21-5-4-9-6-10(16)7-12(17)11(9)8-21/h2-3,6-7H,4-5,8H2,1H3,(H,18,22). The van der Waals surface area contributed by atoms with Gasteiger partial charge < -0.3 is 10.2 Å². The first kappa shape index (κ1) is 15.1. The summed E-state index contributed by atoms with van der Waals surface area (Å²) in [5.41, 5.74) is 2.53. The van der Waals surface area contributed by atoms with E-state index < -0.39 is 0 Å². The molecule has 7 heteroatoms. The molecule has 0 unspecified atom stereocenters. The molecular formula is C15H14Cl2N4O. The van der Waals surface area contributed by atoms with Crippen LogP contribution in [0.2, 0.25) is 10.0 Å². The van der Waals surface area contributed by atoms with Crippen molar-refractivity contribution in [3.63, 3.8) is 0 Å². The summed E-state index contributed by atoms with van der Waals surface area (Å²) in [6.07, 6.45) is 0.842. The molecule has 1 aliphatic rings. The first-order valence-electron chi connectivity index (χ1n) is 6.86. The van der Waals surface area contributed by atoms with Crippen LogP contribution >= 0.6 is 23.2 Å². The number of amides is 1. The number of hydrogen-bond acceptors (Lipinski definition) is 4. The molecule has 5 nitrogen and oxygen atoms in total. The van der Waals surface area contributed by atoms with Crippen molar-refractivity contribution in [3.05, 3.63) is 51.1 Å². The number of benzene rings is 1. The third-order valence-corrected chi connectivity index (χ3v) is 4.24. The van der Waals surface area contributed by atoms with E-state index >= 15 is 0 Å². The zero-order valence-electron chi connectivity index (χ0n) is 11.9. The number of carbonyl (C=O) groups excluding carboxylic acids is 1. The zero-order valence-corrected chi connectivity index (χ0v) is 13.4. The highest BCUT2D eigenvalue weighted by molar-refractivity contribution is 6.35. The maximum absolute atomic E-state index is 11.5. The number of carbonyl (C=O) groups is 1. The lowest BCUT2D eigenvalue weighted by atomic mass is 10.00. The van der Waals surface area contributed by atoms with E-state index in [0.717, 1.165) is 24.3 Å². The van der Waals surface area contributed by atoms with Gasteiger partial charge in [0.2, 0.25) is 0 Å². The van der Waals surface area contributed by atoms with Crippen molar-refractivity contribution in [1.82, 2.24) is 15.5 Å². The summed E-state index contributed by atoms with van der Waals surface area (Å²) >= 11 is 12.3. The van der Waals surface area contributed by atoms with Crippen molar-refractivity contribution in [2.45, 2.75) is 13.0 Å². The summed E-state index contributed by atoms with van der Waals surface area (Å²) < 4.78 is 0. The Kier molecular flexibility index (Phi) is 4.18. The van der Waals surface area contributed by atoms with Gasteiger partial charge in [-0.25, -0.2) is 0 Å². The van der Waals surface area contributed by atoms with Gasteiger partial charge in [-0.1, -0.05) is 23.2 Å². The number of hydrogen-bond donors (Lipinski definition) is 1. The van der Waals surface area contributed by atoms with E-state index in [1.54, 1.807) is 25.2 Å². The highest BCUT2D eigenvalue weighted by Crippen LogP contribution is 2.31. The summed E-state index contributed by atoms with van der Waals surface area (Å²) in [7, 11) is 1.56. The molecule has 22 heavy (non-hydrogen) atoms.